The lowest BCUT2D eigenvalue weighted by Crippen LogP contribution is -2.71. The molecule has 0 bridgehead atoms. The summed E-state index contributed by atoms with van der Waals surface area (Å²) >= 11 is 4.02. The minimum absolute atomic E-state index is 0.0138. The molecule has 3 amide bonds. The first-order valence-corrected chi connectivity index (χ1v) is 25.2. The van der Waals surface area contributed by atoms with Gasteiger partial charge >= 0.3 is 5.97 Å². The monoisotopic (exact) mass is 988 g/mol. The SMILES string of the molecule is Cn1nnnc1SCC1=C(C(=O)OC(c2ccccc2)c2ccccc2)N2C(=O)C(NC(=O)/C(=N\OCC3CC(=O)N3)c3csc(NC(c4ccccc4)(c4ccccc4)c4ccccc4)n3)[C@@H]2SC1. The Balaban J connectivity index is 0.942. The topological polar surface area (TPSA) is 195 Å². The van der Waals surface area contributed by atoms with Crippen molar-refractivity contribution in [3.63, 3.8) is 0 Å². The lowest BCUT2D eigenvalue weighted by atomic mass is 9.77. The van der Waals surface area contributed by atoms with Gasteiger partial charge in [-0.15, -0.1) is 28.2 Å². The first kappa shape index (κ1) is 46.1. The third-order valence-corrected chi connectivity index (χ3v) is 15.2. The van der Waals surface area contributed by atoms with Crippen LogP contribution in [-0.2, 0) is 41.3 Å². The van der Waals surface area contributed by atoms with Crippen LogP contribution in [0, 0.1) is 0 Å². The summed E-state index contributed by atoms with van der Waals surface area (Å²) in [5, 5.41) is 27.5. The predicted octanol–water partition coefficient (Wildman–Crippen LogP) is 6.46. The van der Waals surface area contributed by atoms with Crippen molar-refractivity contribution in [2.45, 2.75) is 40.7 Å². The Morgan fingerprint density at radius 2 is 1.43 bits per heavy atom. The Morgan fingerprint density at radius 3 is 1.97 bits per heavy atom. The molecule has 10 rings (SSSR count). The molecule has 16 nitrogen and oxygen atoms in total. The van der Waals surface area contributed by atoms with Crippen molar-refractivity contribution in [1.82, 2.24) is 40.7 Å². The number of tetrazole rings is 1. The van der Waals surface area contributed by atoms with Crippen molar-refractivity contribution in [2.75, 3.05) is 23.4 Å². The van der Waals surface area contributed by atoms with E-state index in [-0.39, 0.29) is 47.8 Å². The van der Waals surface area contributed by atoms with Crippen LogP contribution in [0.15, 0.2) is 179 Å². The average Bonchev–Trinajstić information content (AvgIpc) is 4.05. The summed E-state index contributed by atoms with van der Waals surface area (Å²) < 4.78 is 7.88. The van der Waals surface area contributed by atoms with Crippen LogP contribution in [0.1, 0.15) is 46.0 Å². The second-order valence-corrected chi connectivity index (χ2v) is 19.4. The minimum Gasteiger partial charge on any atom is -0.448 e. The van der Waals surface area contributed by atoms with Crippen molar-refractivity contribution in [3.8, 4) is 0 Å². The van der Waals surface area contributed by atoms with E-state index in [2.05, 4.69) is 73.0 Å². The number of thioether (sulfide) groups is 2. The number of nitrogens with one attached hydrogen (secondary N) is 3. The zero-order chi connectivity index (χ0) is 48.0. The Morgan fingerprint density at radius 1 is 0.857 bits per heavy atom. The smallest absolute Gasteiger partial charge is 0.356 e. The second-order valence-electron chi connectivity index (χ2n) is 16.5. The number of benzene rings is 5. The Kier molecular flexibility index (Phi) is 13.5. The molecule has 19 heteroatoms. The molecule has 3 aliphatic heterocycles. The number of rotatable bonds is 18. The zero-order valence-electron chi connectivity index (χ0n) is 37.5. The highest BCUT2D eigenvalue weighted by molar-refractivity contribution is 8.01. The van der Waals surface area contributed by atoms with Gasteiger partial charge in [0.15, 0.2) is 16.9 Å². The van der Waals surface area contributed by atoms with Gasteiger partial charge in [-0.25, -0.2) is 14.5 Å². The van der Waals surface area contributed by atoms with Crippen molar-refractivity contribution >= 4 is 69.4 Å². The van der Waals surface area contributed by atoms with E-state index >= 15 is 0 Å². The maximum absolute atomic E-state index is 14.6. The summed E-state index contributed by atoms with van der Waals surface area (Å²) in [7, 11) is 1.72. The second kappa shape index (κ2) is 20.5. The molecule has 3 N–H and O–H groups in total. The predicted molar refractivity (Wildman–Crippen MR) is 266 cm³/mol. The molecule has 5 heterocycles. The van der Waals surface area contributed by atoms with Gasteiger partial charge < -0.3 is 25.5 Å². The van der Waals surface area contributed by atoms with Gasteiger partial charge in [-0.1, -0.05) is 169 Å². The molecule has 0 spiro atoms. The van der Waals surface area contributed by atoms with Gasteiger partial charge in [-0.05, 0) is 43.8 Å². The quantitative estimate of drug-likeness (QED) is 0.0212. The number of esters is 1. The van der Waals surface area contributed by atoms with Crippen LogP contribution < -0.4 is 16.0 Å². The number of hydrogen-bond acceptors (Lipinski definition) is 15. The van der Waals surface area contributed by atoms with Gasteiger partial charge in [0.1, 0.15) is 35.0 Å². The normalized spacial score (nSPS) is 17.8. The number of aryl methyl sites for hydroxylation is 1. The highest BCUT2D eigenvalue weighted by atomic mass is 32.2. The lowest BCUT2D eigenvalue weighted by molar-refractivity contribution is -0.154. The maximum Gasteiger partial charge on any atom is 0.356 e. The summed E-state index contributed by atoms with van der Waals surface area (Å²) in [6.45, 7) is 0.0138. The third kappa shape index (κ3) is 9.42. The molecular formula is C51H44N10O6S3. The molecule has 0 radical (unpaired) electrons. The molecular weight excluding hydrogens is 945 g/mol. The van der Waals surface area contributed by atoms with Crippen LogP contribution in [0.25, 0.3) is 0 Å². The van der Waals surface area contributed by atoms with Crippen LogP contribution in [0.3, 0.4) is 0 Å². The zero-order valence-corrected chi connectivity index (χ0v) is 39.9. The van der Waals surface area contributed by atoms with Gasteiger partial charge in [0.2, 0.25) is 11.1 Å². The molecule has 2 aromatic heterocycles. The number of β-lactam (4-membered cyclic amide) rings is 2. The number of aromatic nitrogens is 5. The highest BCUT2D eigenvalue weighted by Crippen LogP contribution is 2.44. The van der Waals surface area contributed by atoms with E-state index in [0.717, 1.165) is 27.8 Å². The number of hydrogen-bond donors (Lipinski definition) is 3. The molecule has 0 saturated carbocycles. The largest absolute Gasteiger partial charge is 0.448 e. The number of fused-ring (bicyclic) bond motifs is 1. The summed E-state index contributed by atoms with van der Waals surface area (Å²) in [6, 6.07) is 47.6. The molecule has 3 atom stereocenters. The van der Waals surface area contributed by atoms with Crippen LogP contribution in [-0.4, -0.2) is 95.1 Å². The van der Waals surface area contributed by atoms with E-state index < -0.39 is 40.8 Å². The van der Waals surface area contributed by atoms with Crippen LogP contribution in [0.2, 0.25) is 0 Å². The molecule has 2 unspecified atom stereocenters. The fourth-order valence-corrected chi connectivity index (χ4v) is 11.6. The van der Waals surface area contributed by atoms with Gasteiger partial charge in [0, 0.05) is 23.9 Å². The number of ether oxygens (including phenoxy) is 1. The van der Waals surface area contributed by atoms with E-state index in [1.54, 1.807) is 12.4 Å². The van der Waals surface area contributed by atoms with Crippen molar-refractivity contribution < 1.29 is 28.8 Å². The van der Waals surface area contributed by atoms with Gasteiger partial charge in [0.05, 0.1) is 12.5 Å². The van der Waals surface area contributed by atoms with E-state index in [1.165, 1.54) is 44.4 Å². The first-order valence-electron chi connectivity index (χ1n) is 22.3. The molecule has 0 aliphatic carbocycles. The summed E-state index contributed by atoms with van der Waals surface area (Å²) in [6.07, 6.45) is -0.513. The van der Waals surface area contributed by atoms with Crippen molar-refractivity contribution in [2.24, 2.45) is 12.2 Å². The molecule has 352 valence electrons. The molecule has 7 aromatic rings. The Hall–Kier alpha value is -7.61. The molecule has 70 heavy (non-hydrogen) atoms. The molecule has 2 saturated heterocycles. The number of thiazole rings is 1. The van der Waals surface area contributed by atoms with E-state index in [0.29, 0.717) is 21.6 Å². The summed E-state index contributed by atoms with van der Waals surface area (Å²) in [4.78, 5) is 67.5. The van der Waals surface area contributed by atoms with Gasteiger partial charge in [-0.3, -0.25) is 19.3 Å². The van der Waals surface area contributed by atoms with E-state index in [9.17, 15) is 19.2 Å². The number of carbonyl (C=O) groups excluding carboxylic acids is 4. The number of anilines is 1. The minimum atomic E-state index is -1.05. The number of amides is 3. The third-order valence-electron chi connectivity index (χ3n) is 12.0. The average molecular weight is 989 g/mol. The number of carbonyl (C=O) groups is 4. The molecule has 3 aliphatic rings. The Labute approximate surface area is 414 Å². The fourth-order valence-electron chi connectivity index (χ4n) is 8.54. The molecule has 2 fully saturated rings. The first-order chi connectivity index (χ1) is 34.3. The fraction of sp³-hybridized carbons (Fsp3) is 0.196. The van der Waals surface area contributed by atoms with E-state index in [1.807, 2.05) is 115 Å². The van der Waals surface area contributed by atoms with Crippen molar-refractivity contribution in [3.05, 3.63) is 202 Å². The standard InChI is InChI=1S/C51H44N10O6S3/c1-60-50(56-58-59-60)70-30-34-29-68-47-42(46(64)61(47)43(34)48(65)67-44(32-17-7-2-8-18-32)33-19-9-3-10-20-33)54-45(63)41(57-66-28-38-27-40(62)52-38)39-31-69-49(53-39)55-51(35-21-11-4-12-22-35,36-23-13-5-14-24-36)37-25-15-6-16-26-37/h2-26,31,38,42,44,47H,27-30H2,1H3,(H,52,62)(H,53,55)(H,54,63)/b57-41-/t38?,42?,47-/m0/s1. The van der Waals surface area contributed by atoms with Crippen LogP contribution in [0.5, 0.6) is 0 Å². The van der Waals surface area contributed by atoms with Crippen LogP contribution >= 0.6 is 34.9 Å². The maximum atomic E-state index is 14.6. The van der Waals surface area contributed by atoms with Gasteiger partial charge in [-0.2, -0.15) is 0 Å². The number of oxime groups is 1. The van der Waals surface area contributed by atoms with E-state index in [4.69, 9.17) is 14.6 Å². The Bertz CT molecular complexity index is 2920. The lowest BCUT2D eigenvalue weighted by Gasteiger charge is -2.49. The summed E-state index contributed by atoms with van der Waals surface area (Å²) in [5.74, 6) is -1.39. The highest BCUT2D eigenvalue weighted by Gasteiger charge is 2.55. The van der Waals surface area contributed by atoms with Gasteiger partial charge in [0.25, 0.3) is 11.8 Å². The van der Waals surface area contributed by atoms with Crippen molar-refractivity contribution in [1.29, 1.82) is 0 Å². The summed E-state index contributed by atoms with van der Waals surface area (Å²) in [5.41, 5.74) is 4.25. The van der Waals surface area contributed by atoms with Crippen LogP contribution in [0.4, 0.5) is 5.13 Å². The molecule has 5 aromatic carbocycles. The number of nitrogens with zero attached hydrogens (tertiary/aromatic N) is 7.